The minimum Gasteiger partial charge on any atom is -0.296 e. The second-order valence-electron chi connectivity index (χ2n) is 5.58. The first-order valence-corrected chi connectivity index (χ1v) is 8.95. The van der Waals surface area contributed by atoms with Crippen LogP contribution in [-0.2, 0) is 6.54 Å². The van der Waals surface area contributed by atoms with E-state index in [0.29, 0.717) is 22.8 Å². The third-order valence-electron chi connectivity index (χ3n) is 4.19. The highest BCUT2D eigenvalue weighted by atomic mass is 32.2. The van der Waals surface area contributed by atoms with Gasteiger partial charge >= 0.3 is 0 Å². The molecule has 0 N–H and O–H groups in total. The lowest BCUT2D eigenvalue weighted by Gasteiger charge is -2.14. The van der Waals surface area contributed by atoms with E-state index in [1.54, 1.807) is 34.5 Å². The normalized spacial score (nSPS) is 12.8. The standard InChI is InChI=1S/C19H14FN3OS/c1-25-13-6-7-17-15(8-13)19(14-4-2-3-5-16(14)20)22-10-18-21-9-12(11-24)23(17)18/h2-9,11H,10H2,1H3. The maximum Gasteiger partial charge on any atom is 0.168 e. The van der Waals surface area contributed by atoms with Gasteiger partial charge < -0.3 is 0 Å². The van der Waals surface area contributed by atoms with E-state index in [1.807, 2.05) is 24.5 Å². The van der Waals surface area contributed by atoms with Gasteiger partial charge in [-0.2, -0.15) is 0 Å². The predicted molar refractivity (Wildman–Crippen MR) is 96.5 cm³/mol. The Morgan fingerprint density at radius 2 is 2.04 bits per heavy atom. The zero-order valence-corrected chi connectivity index (χ0v) is 14.3. The van der Waals surface area contributed by atoms with E-state index in [-0.39, 0.29) is 12.4 Å². The number of imidazole rings is 1. The van der Waals surface area contributed by atoms with Gasteiger partial charge in [0, 0.05) is 16.0 Å². The summed E-state index contributed by atoms with van der Waals surface area (Å²) in [5.74, 6) is 0.337. The Morgan fingerprint density at radius 3 is 2.80 bits per heavy atom. The van der Waals surface area contributed by atoms with Crippen LogP contribution in [0.3, 0.4) is 0 Å². The molecule has 0 atom stereocenters. The molecule has 0 aliphatic carbocycles. The molecule has 3 aromatic rings. The van der Waals surface area contributed by atoms with E-state index in [4.69, 9.17) is 0 Å². The number of aldehydes is 1. The molecule has 0 fully saturated rings. The maximum atomic E-state index is 14.4. The van der Waals surface area contributed by atoms with Crippen LogP contribution in [0.5, 0.6) is 0 Å². The topological polar surface area (TPSA) is 47.2 Å². The number of carbonyl (C=O) groups is 1. The summed E-state index contributed by atoms with van der Waals surface area (Å²) >= 11 is 1.60. The number of nitrogens with zero attached hydrogens (tertiary/aromatic N) is 3. The van der Waals surface area contributed by atoms with Crippen molar-refractivity contribution < 1.29 is 9.18 Å². The van der Waals surface area contributed by atoms with Crippen LogP contribution in [0, 0.1) is 5.82 Å². The first-order chi connectivity index (χ1) is 12.2. The van der Waals surface area contributed by atoms with Crippen molar-refractivity contribution in [3.8, 4) is 5.69 Å². The average molecular weight is 351 g/mol. The molecular weight excluding hydrogens is 337 g/mol. The lowest BCUT2D eigenvalue weighted by molar-refractivity contribution is 0.111. The summed E-state index contributed by atoms with van der Waals surface area (Å²) in [6.07, 6.45) is 4.30. The second-order valence-corrected chi connectivity index (χ2v) is 6.46. The van der Waals surface area contributed by atoms with Crippen molar-refractivity contribution in [2.75, 3.05) is 6.26 Å². The number of aliphatic imine (C=N–C) groups is 1. The van der Waals surface area contributed by atoms with Crippen LogP contribution in [0.4, 0.5) is 4.39 Å². The summed E-state index contributed by atoms with van der Waals surface area (Å²) in [5.41, 5.74) is 3.05. The monoisotopic (exact) mass is 351 g/mol. The van der Waals surface area contributed by atoms with Crippen LogP contribution in [0.15, 0.2) is 58.5 Å². The summed E-state index contributed by atoms with van der Waals surface area (Å²) in [5, 5.41) is 0. The average Bonchev–Trinajstić information content (AvgIpc) is 2.98. The zero-order chi connectivity index (χ0) is 17.4. The van der Waals surface area contributed by atoms with E-state index in [0.717, 1.165) is 22.4 Å². The van der Waals surface area contributed by atoms with Crippen LogP contribution >= 0.6 is 11.8 Å². The summed E-state index contributed by atoms with van der Waals surface area (Å²) in [7, 11) is 0. The number of halogens is 1. The van der Waals surface area contributed by atoms with Gasteiger partial charge in [-0.3, -0.25) is 14.4 Å². The molecule has 1 aliphatic heterocycles. The van der Waals surface area contributed by atoms with Crippen LogP contribution in [0.25, 0.3) is 5.69 Å². The van der Waals surface area contributed by atoms with Crippen molar-refractivity contribution in [3.05, 3.63) is 77.1 Å². The molecule has 2 aromatic carbocycles. The highest BCUT2D eigenvalue weighted by molar-refractivity contribution is 7.98. The van der Waals surface area contributed by atoms with Gasteiger partial charge in [0.05, 0.1) is 24.1 Å². The number of carbonyl (C=O) groups excluding carboxylic acids is 1. The molecule has 2 heterocycles. The van der Waals surface area contributed by atoms with Gasteiger partial charge in [0.15, 0.2) is 6.29 Å². The smallest absolute Gasteiger partial charge is 0.168 e. The van der Waals surface area contributed by atoms with E-state index in [1.165, 1.54) is 12.3 Å². The van der Waals surface area contributed by atoms with Gasteiger partial charge in [0.1, 0.15) is 17.3 Å². The number of fused-ring (bicyclic) bond motifs is 3. The fourth-order valence-corrected chi connectivity index (χ4v) is 3.46. The summed E-state index contributed by atoms with van der Waals surface area (Å²) < 4.78 is 16.2. The Hall–Kier alpha value is -2.73. The Morgan fingerprint density at radius 1 is 1.20 bits per heavy atom. The van der Waals surface area contributed by atoms with E-state index >= 15 is 0 Å². The summed E-state index contributed by atoms with van der Waals surface area (Å²) in [6.45, 7) is 0.279. The molecule has 124 valence electrons. The third kappa shape index (κ3) is 2.59. The van der Waals surface area contributed by atoms with Crippen molar-refractivity contribution in [2.24, 2.45) is 4.99 Å². The molecule has 0 unspecified atom stereocenters. The molecule has 1 aromatic heterocycles. The number of aromatic nitrogens is 2. The van der Waals surface area contributed by atoms with Gasteiger partial charge in [-0.1, -0.05) is 12.1 Å². The van der Waals surface area contributed by atoms with Crippen molar-refractivity contribution in [3.63, 3.8) is 0 Å². The predicted octanol–water partition coefficient (Wildman–Crippen LogP) is 3.90. The Balaban J connectivity index is 2.02. The lowest BCUT2D eigenvalue weighted by atomic mass is 10.00. The van der Waals surface area contributed by atoms with E-state index in [2.05, 4.69) is 9.98 Å². The Bertz CT molecular complexity index is 1010. The first-order valence-electron chi connectivity index (χ1n) is 7.73. The molecule has 6 heteroatoms. The van der Waals surface area contributed by atoms with Crippen LogP contribution in [-0.4, -0.2) is 27.8 Å². The molecule has 0 amide bonds. The quantitative estimate of drug-likeness (QED) is 0.531. The SMILES string of the molecule is CSc1ccc2c(c1)C(c1ccccc1F)=NCc1ncc(C=O)n1-2. The molecule has 1 aliphatic rings. The molecule has 0 bridgehead atoms. The summed E-state index contributed by atoms with van der Waals surface area (Å²) in [4.78, 5) is 21.4. The molecule has 0 saturated carbocycles. The van der Waals surface area contributed by atoms with Crippen molar-refractivity contribution >= 4 is 23.8 Å². The molecular formula is C19H14FN3OS. The Kier molecular flexibility index (Phi) is 3.97. The van der Waals surface area contributed by atoms with Crippen molar-refractivity contribution in [1.29, 1.82) is 0 Å². The number of hydrogen-bond donors (Lipinski definition) is 0. The number of rotatable bonds is 3. The largest absolute Gasteiger partial charge is 0.296 e. The van der Waals surface area contributed by atoms with Crippen molar-refractivity contribution in [2.45, 2.75) is 11.4 Å². The number of benzene rings is 2. The zero-order valence-electron chi connectivity index (χ0n) is 13.4. The number of thioether (sulfide) groups is 1. The molecule has 25 heavy (non-hydrogen) atoms. The molecule has 0 radical (unpaired) electrons. The highest BCUT2D eigenvalue weighted by Crippen LogP contribution is 2.30. The van der Waals surface area contributed by atoms with Gasteiger partial charge in [-0.05, 0) is 36.6 Å². The maximum absolute atomic E-state index is 14.4. The fraction of sp³-hybridized carbons (Fsp3) is 0.105. The van der Waals surface area contributed by atoms with Crippen LogP contribution < -0.4 is 0 Å². The fourth-order valence-electron chi connectivity index (χ4n) is 3.02. The highest BCUT2D eigenvalue weighted by Gasteiger charge is 2.23. The molecule has 0 saturated heterocycles. The van der Waals surface area contributed by atoms with Gasteiger partial charge in [0.25, 0.3) is 0 Å². The van der Waals surface area contributed by atoms with Crippen LogP contribution in [0.2, 0.25) is 0 Å². The minimum absolute atomic E-state index is 0.279. The lowest BCUT2D eigenvalue weighted by Crippen LogP contribution is -2.10. The van der Waals surface area contributed by atoms with Gasteiger partial charge in [-0.25, -0.2) is 9.37 Å². The van der Waals surface area contributed by atoms with Gasteiger partial charge in [-0.15, -0.1) is 11.8 Å². The van der Waals surface area contributed by atoms with E-state index in [9.17, 15) is 9.18 Å². The second kappa shape index (κ2) is 6.29. The van der Waals surface area contributed by atoms with E-state index < -0.39 is 0 Å². The summed E-state index contributed by atoms with van der Waals surface area (Å²) in [6, 6.07) is 12.5. The molecule has 4 nitrogen and oxygen atoms in total. The van der Waals surface area contributed by atoms with Gasteiger partial charge in [0.2, 0.25) is 0 Å². The minimum atomic E-state index is -0.322. The van der Waals surface area contributed by atoms with Crippen molar-refractivity contribution in [1.82, 2.24) is 9.55 Å². The first kappa shape index (κ1) is 15.8. The Labute approximate surface area is 148 Å². The third-order valence-corrected chi connectivity index (χ3v) is 4.92. The molecule has 4 rings (SSSR count). The number of hydrogen-bond acceptors (Lipinski definition) is 4. The molecule has 0 spiro atoms. The van der Waals surface area contributed by atoms with Crippen LogP contribution in [0.1, 0.15) is 27.4 Å².